The second kappa shape index (κ2) is 7.78. The van der Waals surface area contributed by atoms with Crippen LogP contribution in [0.3, 0.4) is 0 Å². The molecule has 1 aromatic heterocycles. The van der Waals surface area contributed by atoms with Crippen LogP contribution in [0.2, 0.25) is 0 Å². The Balaban J connectivity index is 1.88. The molecule has 0 N–H and O–H groups in total. The van der Waals surface area contributed by atoms with Gasteiger partial charge in [-0.15, -0.1) is 0 Å². The number of carbonyl (C=O) groups excluding carboxylic acids is 2. The molecule has 3 rings (SSSR count). The lowest BCUT2D eigenvalue weighted by Gasteiger charge is -2.30. The van der Waals surface area contributed by atoms with Crippen LogP contribution in [0.15, 0.2) is 0 Å². The highest BCUT2D eigenvalue weighted by molar-refractivity contribution is 6.01. The Kier molecular flexibility index (Phi) is 5.80. The minimum Gasteiger partial charge on any atom is -0.384 e. The van der Waals surface area contributed by atoms with Crippen LogP contribution in [-0.4, -0.2) is 48.0 Å². The van der Waals surface area contributed by atoms with E-state index in [1.807, 2.05) is 4.90 Å². The first kappa shape index (κ1) is 20.1. The zero-order valence-corrected chi connectivity index (χ0v) is 17.6. The first-order valence-corrected chi connectivity index (χ1v) is 10.3. The Bertz CT molecular complexity index is 732. The van der Waals surface area contributed by atoms with E-state index in [1.165, 1.54) is 0 Å². The van der Waals surface area contributed by atoms with Crippen molar-refractivity contribution < 1.29 is 14.3 Å². The molecule has 2 aliphatic rings. The summed E-state index contributed by atoms with van der Waals surface area (Å²) in [4.78, 5) is 27.9. The molecule has 1 atom stereocenters. The van der Waals surface area contributed by atoms with E-state index in [-0.39, 0.29) is 17.1 Å². The molecule has 1 aliphatic heterocycles. The van der Waals surface area contributed by atoms with Crippen molar-refractivity contribution in [3.63, 3.8) is 0 Å². The number of ether oxygens (including phenoxy) is 1. The molecule has 0 saturated carbocycles. The number of likely N-dealkylation sites (tertiary alicyclic amines) is 1. The van der Waals surface area contributed by atoms with Crippen molar-refractivity contribution in [1.82, 2.24) is 9.47 Å². The SMILES string of the molecule is CCCn1c(C)c(CC(=O)N2CCC(COC)C2)c2c1CC(C)(C)CC2=O. The van der Waals surface area contributed by atoms with Crippen LogP contribution in [-0.2, 0) is 28.9 Å². The van der Waals surface area contributed by atoms with Crippen molar-refractivity contribution in [3.8, 4) is 0 Å². The number of Topliss-reactive ketones (excluding diaryl/α,β-unsaturated/α-hetero) is 1. The van der Waals surface area contributed by atoms with Gasteiger partial charge in [0.15, 0.2) is 5.78 Å². The molecular formula is C22H34N2O3. The summed E-state index contributed by atoms with van der Waals surface area (Å²) in [5.41, 5.74) is 4.07. The van der Waals surface area contributed by atoms with E-state index in [0.717, 1.165) is 61.4 Å². The number of carbonyl (C=O) groups is 2. The lowest BCUT2D eigenvalue weighted by Crippen LogP contribution is -2.32. The zero-order chi connectivity index (χ0) is 19.8. The van der Waals surface area contributed by atoms with Crippen LogP contribution >= 0.6 is 0 Å². The molecule has 1 aromatic rings. The van der Waals surface area contributed by atoms with Gasteiger partial charge < -0.3 is 14.2 Å². The van der Waals surface area contributed by atoms with Gasteiger partial charge in [-0.05, 0) is 37.2 Å². The maximum Gasteiger partial charge on any atom is 0.227 e. The second-order valence-electron chi connectivity index (χ2n) is 9.10. The van der Waals surface area contributed by atoms with E-state index in [4.69, 9.17) is 4.74 Å². The fourth-order valence-electron chi connectivity index (χ4n) is 4.84. The van der Waals surface area contributed by atoms with Gasteiger partial charge in [0.05, 0.1) is 13.0 Å². The molecule has 0 radical (unpaired) electrons. The standard InChI is InChI=1S/C22H34N2O3/c1-6-8-24-15(2)17(21-18(24)11-22(3,4)12-19(21)25)10-20(26)23-9-7-16(13-23)14-27-5/h16H,6-14H2,1-5H3. The fraction of sp³-hybridized carbons (Fsp3) is 0.727. The highest BCUT2D eigenvalue weighted by Gasteiger charge is 2.37. The van der Waals surface area contributed by atoms with E-state index in [0.29, 0.717) is 25.4 Å². The molecule has 1 amide bonds. The van der Waals surface area contributed by atoms with Crippen LogP contribution in [0, 0.1) is 18.3 Å². The molecule has 1 unspecified atom stereocenters. The largest absolute Gasteiger partial charge is 0.384 e. The molecule has 150 valence electrons. The van der Waals surface area contributed by atoms with Crippen molar-refractivity contribution >= 4 is 11.7 Å². The molecule has 0 aromatic carbocycles. The lowest BCUT2D eigenvalue weighted by molar-refractivity contribution is -0.129. The molecule has 1 fully saturated rings. The number of hydrogen-bond acceptors (Lipinski definition) is 3. The minimum atomic E-state index is -0.00995. The van der Waals surface area contributed by atoms with E-state index in [9.17, 15) is 9.59 Å². The fourth-order valence-corrected chi connectivity index (χ4v) is 4.84. The van der Waals surface area contributed by atoms with Crippen molar-refractivity contribution in [2.75, 3.05) is 26.8 Å². The number of ketones is 1. The maximum absolute atomic E-state index is 13.0. The lowest BCUT2D eigenvalue weighted by atomic mass is 9.75. The Morgan fingerprint density at radius 1 is 1.30 bits per heavy atom. The quantitative estimate of drug-likeness (QED) is 0.767. The third kappa shape index (κ3) is 3.98. The average molecular weight is 375 g/mol. The molecule has 5 nitrogen and oxygen atoms in total. The topological polar surface area (TPSA) is 51.5 Å². The van der Waals surface area contributed by atoms with E-state index >= 15 is 0 Å². The Morgan fingerprint density at radius 3 is 2.70 bits per heavy atom. The minimum absolute atomic E-state index is 0.00995. The van der Waals surface area contributed by atoms with Gasteiger partial charge in [-0.2, -0.15) is 0 Å². The van der Waals surface area contributed by atoms with Crippen molar-refractivity contribution in [3.05, 3.63) is 22.5 Å². The summed E-state index contributed by atoms with van der Waals surface area (Å²) in [5.74, 6) is 0.785. The van der Waals surface area contributed by atoms with Crippen LogP contribution in [0.4, 0.5) is 0 Å². The number of methoxy groups -OCH3 is 1. The predicted molar refractivity (Wildman–Crippen MR) is 106 cm³/mol. The molecule has 2 heterocycles. The monoisotopic (exact) mass is 374 g/mol. The molecule has 1 aliphatic carbocycles. The van der Waals surface area contributed by atoms with Crippen molar-refractivity contribution in [2.24, 2.45) is 11.3 Å². The summed E-state index contributed by atoms with van der Waals surface area (Å²) in [5, 5.41) is 0. The van der Waals surface area contributed by atoms with Crippen LogP contribution in [0.1, 0.15) is 67.3 Å². The summed E-state index contributed by atoms with van der Waals surface area (Å²) in [6.07, 6.45) is 3.84. The van der Waals surface area contributed by atoms with E-state index in [2.05, 4.69) is 32.3 Å². The molecule has 0 spiro atoms. The van der Waals surface area contributed by atoms with E-state index in [1.54, 1.807) is 7.11 Å². The third-order valence-electron chi connectivity index (χ3n) is 6.14. The highest BCUT2D eigenvalue weighted by Crippen LogP contribution is 2.39. The van der Waals surface area contributed by atoms with Crippen LogP contribution in [0.5, 0.6) is 0 Å². The third-order valence-corrected chi connectivity index (χ3v) is 6.14. The highest BCUT2D eigenvalue weighted by atomic mass is 16.5. The maximum atomic E-state index is 13.0. The number of hydrogen-bond donors (Lipinski definition) is 0. The number of aromatic nitrogens is 1. The number of rotatable bonds is 6. The van der Waals surface area contributed by atoms with E-state index < -0.39 is 0 Å². The summed E-state index contributed by atoms with van der Waals surface area (Å²) in [7, 11) is 1.71. The van der Waals surface area contributed by atoms with Gasteiger partial charge in [-0.25, -0.2) is 0 Å². The van der Waals surface area contributed by atoms with Gasteiger partial charge in [0, 0.05) is 56.0 Å². The number of nitrogens with zero attached hydrogens (tertiary/aromatic N) is 2. The van der Waals surface area contributed by atoms with Crippen molar-refractivity contribution in [1.29, 1.82) is 0 Å². The first-order valence-electron chi connectivity index (χ1n) is 10.3. The molecule has 27 heavy (non-hydrogen) atoms. The Hall–Kier alpha value is -1.62. The number of fused-ring (bicyclic) bond motifs is 1. The summed E-state index contributed by atoms with van der Waals surface area (Å²) in [6, 6.07) is 0. The van der Waals surface area contributed by atoms with Gasteiger partial charge in [0.1, 0.15) is 0 Å². The Morgan fingerprint density at radius 2 is 2.04 bits per heavy atom. The molecule has 1 saturated heterocycles. The summed E-state index contributed by atoms with van der Waals surface area (Å²) in [6.45, 7) is 11.7. The first-order chi connectivity index (χ1) is 12.8. The summed E-state index contributed by atoms with van der Waals surface area (Å²) >= 11 is 0. The molecular weight excluding hydrogens is 340 g/mol. The van der Waals surface area contributed by atoms with Crippen molar-refractivity contribution in [2.45, 2.75) is 66.3 Å². The smallest absolute Gasteiger partial charge is 0.227 e. The number of amides is 1. The van der Waals surface area contributed by atoms with Crippen LogP contribution in [0.25, 0.3) is 0 Å². The van der Waals surface area contributed by atoms with Gasteiger partial charge in [-0.3, -0.25) is 9.59 Å². The zero-order valence-electron chi connectivity index (χ0n) is 17.6. The average Bonchev–Trinajstić information content (AvgIpc) is 3.13. The molecule has 5 heteroatoms. The molecule has 0 bridgehead atoms. The summed E-state index contributed by atoms with van der Waals surface area (Å²) < 4.78 is 7.54. The van der Waals surface area contributed by atoms with Gasteiger partial charge >= 0.3 is 0 Å². The predicted octanol–water partition coefficient (Wildman–Crippen LogP) is 3.40. The van der Waals surface area contributed by atoms with Crippen LogP contribution < -0.4 is 0 Å². The second-order valence-corrected chi connectivity index (χ2v) is 9.10. The van der Waals surface area contributed by atoms with Gasteiger partial charge in [0.25, 0.3) is 0 Å². The van der Waals surface area contributed by atoms with Gasteiger partial charge in [0.2, 0.25) is 5.91 Å². The Labute approximate surface area is 163 Å². The normalized spacial score (nSPS) is 21.6. The van der Waals surface area contributed by atoms with Gasteiger partial charge in [-0.1, -0.05) is 20.8 Å².